The minimum atomic E-state index is -0.350. The molecule has 2 amide bonds. The van der Waals surface area contributed by atoms with Gasteiger partial charge in [-0.15, -0.1) is 0 Å². The fourth-order valence-corrected chi connectivity index (χ4v) is 3.39. The molecule has 0 fully saturated rings. The third kappa shape index (κ3) is 2.33. The average Bonchev–Trinajstić information content (AvgIpc) is 2.66. The van der Waals surface area contributed by atoms with Crippen molar-refractivity contribution in [2.24, 2.45) is 0 Å². The molecule has 3 nitrogen and oxygen atoms in total. The Morgan fingerprint density at radius 3 is 2.38 bits per heavy atom. The SMILES string of the molecule is Cc1cc(Br)c(N2C(=O)c3ccc(Br)cc3C2=O)cc1Cl. The second kappa shape index (κ2) is 5.23. The van der Waals surface area contributed by atoms with Crippen LogP contribution >= 0.6 is 43.5 Å². The first-order valence-corrected chi connectivity index (χ1v) is 8.00. The molecule has 0 atom stereocenters. The van der Waals surface area contributed by atoms with Crippen LogP contribution in [-0.4, -0.2) is 11.8 Å². The normalized spacial score (nSPS) is 13.8. The van der Waals surface area contributed by atoms with Gasteiger partial charge in [0, 0.05) is 14.0 Å². The van der Waals surface area contributed by atoms with Gasteiger partial charge in [0.2, 0.25) is 0 Å². The number of carbonyl (C=O) groups is 2. The number of amides is 2. The van der Waals surface area contributed by atoms with Crippen LogP contribution in [0.5, 0.6) is 0 Å². The van der Waals surface area contributed by atoms with Gasteiger partial charge in [-0.2, -0.15) is 0 Å². The van der Waals surface area contributed by atoms with Crippen molar-refractivity contribution >= 4 is 61.0 Å². The van der Waals surface area contributed by atoms with E-state index in [1.807, 2.05) is 6.92 Å². The molecule has 6 heteroatoms. The summed E-state index contributed by atoms with van der Waals surface area (Å²) in [6.45, 7) is 1.86. The number of rotatable bonds is 1. The summed E-state index contributed by atoms with van der Waals surface area (Å²) < 4.78 is 1.41. The summed E-state index contributed by atoms with van der Waals surface area (Å²) in [5.74, 6) is -0.694. The van der Waals surface area contributed by atoms with E-state index in [1.165, 1.54) is 0 Å². The fraction of sp³-hybridized carbons (Fsp3) is 0.0667. The molecule has 0 spiro atoms. The highest BCUT2D eigenvalue weighted by Crippen LogP contribution is 2.37. The number of aryl methyl sites for hydroxylation is 1. The summed E-state index contributed by atoms with van der Waals surface area (Å²) in [4.78, 5) is 26.2. The van der Waals surface area contributed by atoms with Crippen molar-refractivity contribution in [1.29, 1.82) is 0 Å². The lowest BCUT2D eigenvalue weighted by atomic mass is 10.1. The Morgan fingerprint density at radius 2 is 1.67 bits per heavy atom. The van der Waals surface area contributed by atoms with Crippen LogP contribution in [0, 0.1) is 6.92 Å². The molecule has 0 bridgehead atoms. The molecule has 21 heavy (non-hydrogen) atoms. The highest BCUT2D eigenvalue weighted by atomic mass is 79.9. The fourth-order valence-electron chi connectivity index (χ4n) is 2.24. The van der Waals surface area contributed by atoms with Crippen molar-refractivity contribution in [1.82, 2.24) is 0 Å². The van der Waals surface area contributed by atoms with Crippen LogP contribution < -0.4 is 4.90 Å². The second-order valence-electron chi connectivity index (χ2n) is 4.69. The number of anilines is 1. The van der Waals surface area contributed by atoms with Crippen molar-refractivity contribution in [2.75, 3.05) is 4.90 Å². The van der Waals surface area contributed by atoms with E-state index in [0.29, 0.717) is 26.3 Å². The van der Waals surface area contributed by atoms with Gasteiger partial charge in [0.1, 0.15) is 0 Å². The van der Waals surface area contributed by atoms with Crippen LogP contribution in [0.25, 0.3) is 0 Å². The molecule has 0 saturated heterocycles. The van der Waals surface area contributed by atoms with E-state index in [2.05, 4.69) is 31.9 Å². The molecule has 1 heterocycles. The van der Waals surface area contributed by atoms with Crippen molar-refractivity contribution < 1.29 is 9.59 Å². The van der Waals surface area contributed by atoms with E-state index >= 15 is 0 Å². The van der Waals surface area contributed by atoms with Crippen molar-refractivity contribution in [3.8, 4) is 0 Å². The maximum Gasteiger partial charge on any atom is 0.266 e. The van der Waals surface area contributed by atoms with Gasteiger partial charge in [-0.3, -0.25) is 9.59 Å². The zero-order chi connectivity index (χ0) is 15.3. The molecule has 1 aliphatic heterocycles. The molecule has 0 saturated carbocycles. The Balaban J connectivity index is 2.16. The van der Waals surface area contributed by atoms with Crippen LogP contribution in [-0.2, 0) is 0 Å². The lowest BCUT2D eigenvalue weighted by Crippen LogP contribution is -2.29. The molecular formula is C15H8Br2ClNO2. The Hall–Kier alpha value is -1.17. The topological polar surface area (TPSA) is 37.4 Å². The first kappa shape index (κ1) is 14.8. The Bertz CT molecular complexity index is 805. The highest BCUT2D eigenvalue weighted by Gasteiger charge is 2.37. The van der Waals surface area contributed by atoms with E-state index in [1.54, 1.807) is 30.3 Å². The van der Waals surface area contributed by atoms with Crippen LogP contribution in [0.1, 0.15) is 26.3 Å². The molecular weight excluding hydrogens is 421 g/mol. The summed E-state index contributed by atoms with van der Waals surface area (Å²) in [5.41, 5.74) is 2.10. The maximum atomic E-state index is 12.5. The Kier molecular flexibility index (Phi) is 3.67. The number of fused-ring (bicyclic) bond motifs is 1. The van der Waals surface area contributed by atoms with Gasteiger partial charge in [0.25, 0.3) is 11.8 Å². The van der Waals surface area contributed by atoms with Crippen molar-refractivity contribution in [3.05, 3.63) is 61.0 Å². The van der Waals surface area contributed by atoms with Crippen LogP contribution in [0.4, 0.5) is 5.69 Å². The Morgan fingerprint density at radius 1 is 1.00 bits per heavy atom. The van der Waals surface area contributed by atoms with Crippen LogP contribution in [0.2, 0.25) is 5.02 Å². The summed E-state index contributed by atoms with van der Waals surface area (Å²) in [7, 11) is 0. The molecule has 0 radical (unpaired) electrons. The first-order chi connectivity index (χ1) is 9.90. The predicted octanol–water partition coefficient (Wildman–Crippen LogP) is 4.97. The van der Waals surface area contributed by atoms with Crippen LogP contribution in [0.3, 0.4) is 0 Å². The van der Waals surface area contributed by atoms with E-state index in [4.69, 9.17) is 11.6 Å². The lowest BCUT2D eigenvalue weighted by Gasteiger charge is -2.17. The molecule has 106 valence electrons. The zero-order valence-electron chi connectivity index (χ0n) is 10.8. The number of hydrogen-bond donors (Lipinski definition) is 0. The van der Waals surface area contributed by atoms with Crippen LogP contribution in [0.15, 0.2) is 39.3 Å². The average molecular weight is 429 g/mol. The standard InChI is InChI=1S/C15H8Br2ClNO2/c1-7-4-11(17)13(6-12(7)18)19-14(20)9-3-2-8(16)5-10(9)15(19)21/h2-6H,1H3. The molecule has 0 aromatic heterocycles. The van der Waals surface area contributed by atoms with Crippen molar-refractivity contribution in [2.45, 2.75) is 6.92 Å². The molecule has 0 unspecified atom stereocenters. The van der Waals surface area contributed by atoms with Gasteiger partial charge in [0.05, 0.1) is 16.8 Å². The largest absolute Gasteiger partial charge is 0.268 e. The number of carbonyl (C=O) groups excluding carboxylic acids is 2. The summed E-state index contributed by atoms with van der Waals surface area (Å²) in [6.07, 6.45) is 0. The van der Waals surface area contributed by atoms with Gasteiger partial charge >= 0.3 is 0 Å². The predicted molar refractivity (Wildman–Crippen MR) is 89.2 cm³/mol. The maximum absolute atomic E-state index is 12.5. The number of benzene rings is 2. The molecule has 3 rings (SSSR count). The molecule has 2 aromatic rings. The number of halogens is 3. The molecule has 0 N–H and O–H groups in total. The monoisotopic (exact) mass is 427 g/mol. The zero-order valence-corrected chi connectivity index (χ0v) is 14.7. The third-order valence-corrected chi connectivity index (χ3v) is 4.85. The number of imide groups is 1. The summed E-state index contributed by atoms with van der Waals surface area (Å²) >= 11 is 12.8. The van der Waals surface area contributed by atoms with E-state index in [0.717, 1.165) is 14.9 Å². The number of hydrogen-bond acceptors (Lipinski definition) is 2. The Labute approximate surface area is 143 Å². The van der Waals surface area contributed by atoms with Crippen molar-refractivity contribution in [3.63, 3.8) is 0 Å². The van der Waals surface area contributed by atoms with Gasteiger partial charge in [-0.1, -0.05) is 27.5 Å². The van der Waals surface area contributed by atoms with Gasteiger partial charge in [0.15, 0.2) is 0 Å². The minimum absolute atomic E-state index is 0.344. The quantitative estimate of drug-likeness (QED) is 0.600. The second-order valence-corrected chi connectivity index (χ2v) is 6.87. The minimum Gasteiger partial charge on any atom is -0.268 e. The van der Waals surface area contributed by atoms with E-state index < -0.39 is 0 Å². The molecule has 2 aromatic carbocycles. The van der Waals surface area contributed by atoms with Gasteiger partial charge in [-0.25, -0.2) is 4.90 Å². The molecule has 0 aliphatic carbocycles. The highest BCUT2D eigenvalue weighted by molar-refractivity contribution is 9.10. The first-order valence-electron chi connectivity index (χ1n) is 6.04. The third-order valence-electron chi connectivity index (χ3n) is 3.32. The summed E-state index contributed by atoms with van der Waals surface area (Å²) in [5, 5.41) is 0.505. The number of nitrogens with zero attached hydrogens (tertiary/aromatic N) is 1. The van der Waals surface area contributed by atoms with E-state index in [9.17, 15) is 9.59 Å². The summed E-state index contributed by atoms with van der Waals surface area (Å²) in [6, 6.07) is 8.45. The smallest absolute Gasteiger partial charge is 0.266 e. The van der Waals surface area contributed by atoms with Gasteiger partial charge in [-0.05, 0) is 58.7 Å². The van der Waals surface area contributed by atoms with Gasteiger partial charge < -0.3 is 0 Å². The lowest BCUT2D eigenvalue weighted by molar-refractivity contribution is 0.0926. The van der Waals surface area contributed by atoms with E-state index in [-0.39, 0.29) is 11.8 Å². The molecule has 1 aliphatic rings.